The van der Waals surface area contributed by atoms with Crippen molar-refractivity contribution in [2.45, 2.75) is 27.7 Å². The van der Waals surface area contributed by atoms with Crippen molar-refractivity contribution >= 4 is 61.4 Å². The molecule has 1 saturated heterocycles. The Labute approximate surface area is 219 Å². The Hall–Kier alpha value is -3.56. The second-order valence-corrected chi connectivity index (χ2v) is 10.8. The van der Waals surface area contributed by atoms with E-state index in [0.29, 0.717) is 52.1 Å². The number of nitrogens with one attached hydrogen (secondary N) is 2. The molecule has 4 aromatic rings. The van der Waals surface area contributed by atoms with E-state index in [-0.39, 0.29) is 25.5 Å². The number of carbonyl (C=O) groups excluding carboxylic acids is 2. The number of imide groups is 1. The van der Waals surface area contributed by atoms with E-state index in [2.05, 4.69) is 29.0 Å². The Kier molecular flexibility index (Phi) is 6.59. The molecule has 6 rings (SSSR count). The summed E-state index contributed by atoms with van der Waals surface area (Å²) in [7, 11) is 0. The monoisotopic (exact) mass is 517 g/mol. The second-order valence-electron chi connectivity index (χ2n) is 9.87. The van der Waals surface area contributed by atoms with E-state index in [4.69, 9.17) is 9.97 Å². The Balaban J connectivity index is 0.00000280. The largest absolute Gasteiger partial charge is 0.396 e. The summed E-state index contributed by atoms with van der Waals surface area (Å²) >= 11 is 1.55. The SMILES string of the molecule is C.CC(C)[C@@H]1CCN(c2nc(C3=C(c4c[nH]c5sccc45)C(=O)NC3=O)c3ccccc3n2)C[C@H]1CO. The van der Waals surface area contributed by atoms with Crippen LogP contribution in [0.15, 0.2) is 41.9 Å². The lowest BCUT2D eigenvalue weighted by atomic mass is 9.78. The Morgan fingerprint density at radius 1 is 1.11 bits per heavy atom. The molecule has 192 valence electrons. The van der Waals surface area contributed by atoms with Gasteiger partial charge in [0.1, 0.15) is 4.83 Å². The smallest absolute Gasteiger partial charge is 0.261 e. The van der Waals surface area contributed by atoms with Gasteiger partial charge in [0.05, 0.1) is 22.4 Å². The third-order valence-electron chi connectivity index (χ3n) is 7.50. The van der Waals surface area contributed by atoms with Gasteiger partial charge in [0, 0.05) is 48.1 Å². The molecule has 2 amide bonds. The van der Waals surface area contributed by atoms with Gasteiger partial charge in [-0.3, -0.25) is 14.9 Å². The lowest BCUT2D eigenvalue weighted by Crippen LogP contribution is -2.44. The maximum Gasteiger partial charge on any atom is 0.261 e. The molecule has 2 atom stereocenters. The molecule has 1 fully saturated rings. The zero-order chi connectivity index (χ0) is 25.0. The van der Waals surface area contributed by atoms with Crippen molar-refractivity contribution in [2.75, 3.05) is 24.6 Å². The van der Waals surface area contributed by atoms with Gasteiger partial charge in [-0.15, -0.1) is 11.3 Å². The molecule has 0 saturated carbocycles. The molecule has 2 aliphatic heterocycles. The number of amides is 2. The normalized spacial score (nSPS) is 20.3. The summed E-state index contributed by atoms with van der Waals surface area (Å²) in [4.78, 5) is 42.3. The minimum atomic E-state index is -0.457. The van der Waals surface area contributed by atoms with Crippen LogP contribution in [0, 0.1) is 17.8 Å². The quantitative estimate of drug-likeness (QED) is 0.337. The zero-order valence-electron chi connectivity index (χ0n) is 20.1. The first-order valence-electron chi connectivity index (χ1n) is 12.2. The predicted molar refractivity (Wildman–Crippen MR) is 148 cm³/mol. The Morgan fingerprint density at radius 3 is 2.68 bits per heavy atom. The molecule has 0 bridgehead atoms. The molecule has 3 aromatic heterocycles. The average Bonchev–Trinajstić information content (AvgIpc) is 3.57. The minimum absolute atomic E-state index is 0. The number of benzene rings is 1. The summed E-state index contributed by atoms with van der Waals surface area (Å²) in [5.41, 5.74) is 2.43. The number of piperidine rings is 1. The molecule has 8 nitrogen and oxygen atoms in total. The van der Waals surface area contributed by atoms with Gasteiger partial charge in [-0.05, 0) is 35.8 Å². The van der Waals surface area contributed by atoms with Crippen molar-refractivity contribution in [1.82, 2.24) is 20.3 Å². The molecule has 37 heavy (non-hydrogen) atoms. The number of aliphatic hydroxyl groups is 1. The summed E-state index contributed by atoms with van der Waals surface area (Å²) < 4.78 is 0. The van der Waals surface area contributed by atoms with E-state index >= 15 is 0 Å². The van der Waals surface area contributed by atoms with Gasteiger partial charge in [-0.1, -0.05) is 39.5 Å². The van der Waals surface area contributed by atoms with Gasteiger partial charge in [-0.25, -0.2) is 9.97 Å². The second kappa shape index (κ2) is 9.72. The van der Waals surface area contributed by atoms with E-state index in [1.54, 1.807) is 17.5 Å². The van der Waals surface area contributed by atoms with Crippen LogP contribution < -0.4 is 10.2 Å². The summed E-state index contributed by atoms with van der Waals surface area (Å²) in [5, 5.41) is 16.1. The summed E-state index contributed by atoms with van der Waals surface area (Å²) in [5.74, 6) is 0.660. The first-order valence-corrected chi connectivity index (χ1v) is 13.1. The van der Waals surface area contributed by atoms with Crippen LogP contribution in [0.2, 0.25) is 0 Å². The lowest BCUT2D eigenvalue weighted by Gasteiger charge is -2.39. The third-order valence-corrected chi connectivity index (χ3v) is 8.34. The minimum Gasteiger partial charge on any atom is -0.396 e. The van der Waals surface area contributed by atoms with Crippen LogP contribution in [-0.4, -0.2) is 51.6 Å². The number of hydrogen-bond donors (Lipinski definition) is 3. The molecule has 0 radical (unpaired) electrons. The first kappa shape index (κ1) is 25.1. The van der Waals surface area contributed by atoms with Gasteiger partial charge in [-0.2, -0.15) is 0 Å². The number of anilines is 1. The fraction of sp³-hybridized carbons (Fsp3) is 0.357. The van der Waals surface area contributed by atoms with E-state index in [1.807, 2.05) is 35.7 Å². The maximum absolute atomic E-state index is 13.2. The number of H-pyrrole nitrogens is 1. The van der Waals surface area contributed by atoms with E-state index in [0.717, 1.165) is 23.2 Å². The van der Waals surface area contributed by atoms with E-state index < -0.39 is 11.8 Å². The van der Waals surface area contributed by atoms with Gasteiger partial charge in [0.15, 0.2) is 0 Å². The highest BCUT2D eigenvalue weighted by atomic mass is 32.1. The first-order chi connectivity index (χ1) is 17.5. The van der Waals surface area contributed by atoms with Crippen molar-refractivity contribution in [1.29, 1.82) is 0 Å². The fourth-order valence-corrected chi connectivity index (χ4v) is 6.46. The number of aromatic amines is 1. The highest BCUT2D eigenvalue weighted by Crippen LogP contribution is 2.39. The zero-order valence-corrected chi connectivity index (χ0v) is 20.9. The topological polar surface area (TPSA) is 111 Å². The Morgan fingerprint density at radius 2 is 1.89 bits per heavy atom. The van der Waals surface area contributed by atoms with Crippen LogP contribution in [0.1, 0.15) is 39.0 Å². The molecular weight excluding hydrogens is 486 g/mol. The van der Waals surface area contributed by atoms with Crippen molar-refractivity contribution in [3.8, 4) is 0 Å². The molecular formula is C28H31N5O3S. The number of aromatic nitrogens is 3. The number of carbonyl (C=O) groups is 2. The summed E-state index contributed by atoms with van der Waals surface area (Å²) in [6.07, 6.45) is 2.71. The van der Waals surface area contributed by atoms with Crippen LogP contribution in [0.4, 0.5) is 5.95 Å². The number of aliphatic hydroxyl groups excluding tert-OH is 1. The number of para-hydroxylation sites is 1. The molecule has 1 aromatic carbocycles. The van der Waals surface area contributed by atoms with Crippen LogP contribution in [-0.2, 0) is 9.59 Å². The highest BCUT2D eigenvalue weighted by molar-refractivity contribution is 7.16. The fourth-order valence-electron chi connectivity index (χ4n) is 5.69. The van der Waals surface area contributed by atoms with Crippen molar-refractivity contribution in [3.05, 3.63) is 53.2 Å². The Bertz CT molecular complexity index is 1540. The van der Waals surface area contributed by atoms with Gasteiger partial charge in [0.2, 0.25) is 5.95 Å². The van der Waals surface area contributed by atoms with Crippen LogP contribution in [0.25, 0.3) is 32.3 Å². The number of nitrogens with zero attached hydrogens (tertiary/aromatic N) is 3. The van der Waals surface area contributed by atoms with E-state index in [9.17, 15) is 14.7 Å². The van der Waals surface area contributed by atoms with Gasteiger partial charge in [0.25, 0.3) is 11.8 Å². The van der Waals surface area contributed by atoms with Crippen molar-refractivity contribution in [2.24, 2.45) is 17.8 Å². The molecule has 0 unspecified atom stereocenters. The molecule has 0 spiro atoms. The number of thiophene rings is 1. The lowest BCUT2D eigenvalue weighted by molar-refractivity contribution is -0.122. The number of fused-ring (bicyclic) bond motifs is 2. The van der Waals surface area contributed by atoms with Crippen LogP contribution in [0.5, 0.6) is 0 Å². The van der Waals surface area contributed by atoms with Gasteiger partial charge < -0.3 is 15.0 Å². The maximum atomic E-state index is 13.2. The highest BCUT2D eigenvalue weighted by Gasteiger charge is 2.37. The molecule has 5 heterocycles. The standard InChI is InChI=1S/C27H27N5O3S.CH4/c1-14(2)16-7-9-32(12-15(16)13-33)27-29-20-6-4-3-5-18(20)23(30-27)22-21(24(34)31-25(22)35)19-11-28-26-17(19)8-10-36-26;/h3-6,8,10-11,14-16,28,33H,7,9,12-13H2,1-2H3,(H,31,34,35);1H4/t15-,16-;/m0./s1. The van der Waals surface area contributed by atoms with Gasteiger partial charge >= 0.3 is 0 Å². The van der Waals surface area contributed by atoms with Crippen molar-refractivity contribution < 1.29 is 14.7 Å². The number of hydrogen-bond acceptors (Lipinski definition) is 7. The third kappa shape index (κ3) is 4.12. The molecule has 2 aliphatic rings. The van der Waals surface area contributed by atoms with E-state index in [1.165, 1.54) is 0 Å². The molecule has 9 heteroatoms. The summed E-state index contributed by atoms with van der Waals surface area (Å²) in [6.45, 7) is 5.91. The predicted octanol–water partition coefficient (Wildman–Crippen LogP) is 4.47. The summed E-state index contributed by atoms with van der Waals surface area (Å²) in [6, 6.07) is 9.52. The van der Waals surface area contributed by atoms with Crippen LogP contribution in [0.3, 0.4) is 0 Å². The van der Waals surface area contributed by atoms with Crippen LogP contribution >= 0.6 is 11.3 Å². The van der Waals surface area contributed by atoms with Crippen molar-refractivity contribution in [3.63, 3.8) is 0 Å². The average molecular weight is 518 g/mol. The molecule has 0 aliphatic carbocycles. The number of rotatable bonds is 5. The molecule has 3 N–H and O–H groups in total.